The van der Waals surface area contributed by atoms with Crippen molar-refractivity contribution in [3.05, 3.63) is 66.4 Å². The van der Waals surface area contributed by atoms with E-state index in [4.69, 9.17) is 17.0 Å². The molecule has 1 unspecified atom stereocenters. The molecular formula is C16H18N2OS. The van der Waals surface area contributed by atoms with Crippen molar-refractivity contribution in [1.82, 2.24) is 5.32 Å². The Hall–Kier alpha value is -1.91. The number of allylic oxidation sites excluding steroid dienone is 3. The van der Waals surface area contributed by atoms with Gasteiger partial charge in [-0.2, -0.15) is 0 Å². The Balaban J connectivity index is 1.96. The summed E-state index contributed by atoms with van der Waals surface area (Å²) in [6, 6.07) is 9.83. The fraction of sp³-hybridized carbons (Fsp3) is 0.188. The van der Waals surface area contributed by atoms with Crippen LogP contribution in [0.1, 0.15) is 6.92 Å². The van der Waals surface area contributed by atoms with Gasteiger partial charge in [0.2, 0.25) is 0 Å². The summed E-state index contributed by atoms with van der Waals surface area (Å²) in [6.45, 7) is 2.65. The number of benzene rings is 1. The molecule has 1 aliphatic carbocycles. The summed E-state index contributed by atoms with van der Waals surface area (Å²) in [5, 5.41) is 6.87. The van der Waals surface area contributed by atoms with Gasteiger partial charge in [0.1, 0.15) is 0 Å². The number of anilines is 1. The number of rotatable bonds is 4. The van der Waals surface area contributed by atoms with Crippen LogP contribution in [0, 0.1) is 0 Å². The fourth-order valence-electron chi connectivity index (χ4n) is 1.82. The molecule has 0 aliphatic heterocycles. The van der Waals surface area contributed by atoms with E-state index in [0.29, 0.717) is 11.7 Å². The first-order valence-electron chi connectivity index (χ1n) is 6.59. The largest absolute Gasteiger partial charge is 0.370 e. The normalized spacial score (nSPS) is 17.2. The third kappa shape index (κ3) is 4.64. The Kier molecular flexibility index (Phi) is 5.53. The number of para-hydroxylation sites is 1. The molecule has 0 radical (unpaired) electrons. The summed E-state index contributed by atoms with van der Waals surface area (Å²) in [6.07, 6.45) is 9.87. The standard InChI is InChI=1S/C16H18N2OS/c1-2-19-15-11-7-6-10-14(12-15)18-16(20)17-13-8-4-3-5-9-13/h3-12,15H,2H2,1H3,(H2,17,18,20). The number of ether oxygens (including phenoxy) is 1. The van der Waals surface area contributed by atoms with Gasteiger partial charge >= 0.3 is 0 Å². The minimum absolute atomic E-state index is 0.0305. The highest BCUT2D eigenvalue weighted by atomic mass is 32.1. The summed E-state index contributed by atoms with van der Waals surface area (Å²) >= 11 is 5.31. The van der Waals surface area contributed by atoms with Crippen molar-refractivity contribution in [2.24, 2.45) is 0 Å². The molecule has 1 aliphatic rings. The van der Waals surface area contributed by atoms with E-state index >= 15 is 0 Å². The van der Waals surface area contributed by atoms with Crippen molar-refractivity contribution in [1.29, 1.82) is 0 Å². The molecule has 4 heteroatoms. The monoisotopic (exact) mass is 286 g/mol. The van der Waals surface area contributed by atoms with E-state index in [9.17, 15) is 0 Å². The Morgan fingerprint density at radius 1 is 1.20 bits per heavy atom. The molecule has 1 aromatic rings. The highest BCUT2D eigenvalue weighted by Crippen LogP contribution is 2.08. The lowest BCUT2D eigenvalue weighted by atomic mass is 10.3. The van der Waals surface area contributed by atoms with Crippen molar-refractivity contribution in [3.8, 4) is 0 Å². The van der Waals surface area contributed by atoms with E-state index in [0.717, 1.165) is 11.4 Å². The van der Waals surface area contributed by atoms with Crippen molar-refractivity contribution in [2.45, 2.75) is 13.0 Å². The third-order valence-corrected chi connectivity index (χ3v) is 2.88. The molecule has 0 aromatic heterocycles. The van der Waals surface area contributed by atoms with E-state index in [1.54, 1.807) is 0 Å². The van der Waals surface area contributed by atoms with Crippen molar-refractivity contribution >= 4 is 23.0 Å². The van der Waals surface area contributed by atoms with Crippen LogP contribution in [0.25, 0.3) is 0 Å². The van der Waals surface area contributed by atoms with E-state index < -0.39 is 0 Å². The molecule has 1 atom stereocenters. The van der Waals surface area contributed by atoms with Gasteiger partial charge in [-0.25, -0.2) is 0 Å². The lowest BCUT2D eigenvalue weighted by molar-refractivity contribution is 0.128. The highest BCUT2D eigenvalue weighted by molar-refractivity contribution is 7.80. The molecule has 0 spiro atoms. The van der Waals surface area contributed by atoms with Gasteiger partial charge in [-0.05, 0) is 43.4 Å². The summed E-state index contributed by atoms with van der Waals surface area (Å²) < 4.78 is 5.59. The predicted molar refractivity (Wildman–Crippen MR) is 87.6 cm³/mol. The molecule has 1 aromatic carbocycles. The van der Waals surface area contributed by atoms with E-state index in [2.05, 4.69) is 10.6 Å². The lowest BCUT2D eigenvalue weighted by Gasteiger charge is -2.13. The molecule has 0 bridgehead atoms. The van der Waals surface area contributed by atoms with Crippen molar-refractivity contribution in [3.63, 3.8) is 0 Å². The number of hydrogen-bond donors (Lipinski definition) is 2. The first kappa shape index (κ1) is 14.5. The van der Waals surface area contributed by atoms with Crippen LogP contribution in [0.3, 0.4) is 0 Å². The zero-order chi connectivity index (χ0) is 14.2. The summed E-state index contributed by atoms with van der Waals surface area (Å²) in [4.78, 5) is 0. The second kappa shape index (κ2) is 7.62. The summed E-state index contributed by atoms with van der Waals surface area (Å²) in [5.41, 5.74) is 1.88. The second-order valence-corrected chi connectivity index (χ2v) is 4.64. The Bertz CT molecular complexity index is 535. The van der Waals surface area contributed by atoms with Gasteiger partial charge in [0.15, 0.2) is 5.11 Å². The molecule has 20 heavy (non-hydrogen) atoms. The predicted octanol–water partition coefficient (Wildman–Crippen LogP) is 3.39. The Morgan fingerprint density at radius 3 is 2.75 bits per heavy atom. The van der Waals surface area contributed by atoms with Crippen LogP contribution < -0.4 is 10.6 Å². The third-order valence-electron chi connectivity index (χ3n) is 2.68. The SMILES string of the molecule is CCOC1C=CC=CC(NC(=S)Nc2ccccc2)=C1. The molecule has 2 rings (SSSR count). The van der Waals surface area contributed by atoms with Gasteiger partial charge in [-0.1, -0.05) is 36.4 Å². The number of thiocarbonyl (C=S) groups is 1. The number of nitrogens with one attached hydrogen (secondary N) is 2. The van der Waals surface area contributed by atoms with Gasteiger partial charge in [-0.3, -0.25) is 0 Å². The van der Waals surface area contributed by atoms with Crippen molar-refractivity contribution < 1.29 is 4.74 Å². The zero-order valence-electron chi connectivity index (χ0n) is 11.4. The fourth-order valence-corrected chi connectivity index (χ4v) is 2.05. The lowest BCUT2D eigenvalue weighted by Crippen LogP contribution is -2.27. The van der Waals surface area contributed by atoms with Gasteiger partial charge in [0.05, 0.1) is 6.10 Å². The smallest absolute Gasteiger partial charge is 0.175 e. The average Bonchev–Trinajstić information content (AvgIpc) is 2.65. The van der Waals surface area contributed by atoms with Crippen LogP contribution in [-0.4, -0.2) is 17.8 Å². The van der Waals surface area contributed by atoms with E-state index in [-0.39, 0.29) is 6.10 Å². The Morgan fingerprint density at radius 2 is 2.00 bits per heavy atom. The second-order valence-electron chi connectivity index (χ2n) is 4.23. The maximum absolute atomic E-state index is 5.59. The molecule has 0 amide bonds. The van der Waals surface area contributed by atoms with Gasteiger partial charge in [0, 0.05) is 18.0 Å². The van der Waals surface area contributed by atoms with Crippen LogP contribution in [0.15, 0.2) is 66.4 Å². The van der Waals surface area contributed by atoms with Gasteiger partial charge in [-0.15, -0.1) is 0 Å². The molecule has 2 N–H and O–H groups in total. The van der Waals surface area contributed by atoms with Crippen LogP contribution in [0.2, 0.25) is 0 Å². The van der Waals surface area contributed by atoms with Gasteiger partial charge < -0.3 is 15.4 Å². The first-order chi connectivity index (χ1) is 9.78. The number of hydrogen-bond acceptors (Lipinski definition) is 2. The molecule has 104 valence electrons. The van der Waals surface area contributed by atoms with Crippen molar-refractivity contribution in [2.75, 3.05) is 11.9 Å². The van der Waals surface area contributed by atoms with Crippen LogP contribution in [-0.2, 0) is 4.74 Å². The molecule has 0 fully saturated rings. The topological polar surface area (TPSA) is 33.3 Å². The molecule has 0 saturated carbocycles. The molecule has 0 saturated heterocycles. The first-order valence-corrected chi connectivity index (χ1v) is 7.00. The quantitative estimate of drug-likeness (QED) is 0.831. The average molecular weight is 286 g/mol. The molecule has 0 heterocycles. The highest BCUT2D eigenvalue weighted by Gasteiger charge is 2.05. The maximum Gasteiger partial charge on any atom is 0.175 e. The summed E-state index contributed by atoms with van der Waals surface area (Å²) in [7, 11) is 0. The maximum atomic E-state index is 5.59. The van der Waals surface area contributed by atoms with E-state index in [1.807, 2.05) is 67.6 Å². The van der Waals surface area contributed by atoms with Crippen LogP contribution in [0.5, 0.6) is 0 Å². The minimum Gasteiger partial charge on any atom is -0.370 e. The minimum atomic E-state index is -0.0305. The Labute approximate surface area is 125 Å². The van der Waals surface area contributed by atoms with E-state index in [1.165, 1.54) is 0 Å². The molecular weight excluding hydrogens is 268 g/mol. The summed E-state index contributed by atoms with van der Waals surface area (Å²) in [5.74, 6) is 0. The van der Waals surface area contributed by atoms with Crippen LogP contribution in [0.4, 0.5) is 5.69 Å². The molecule has 3 nitrogen and oxygen atoms in total. The zero-order valence-corrected chi connectivity index (χ0v) is 12.2. The van der Waals surface area contributed by atoms with Crippen LogP contribution >= 0.6 is 12.2 Å². The van der Waals surface area contributed by atoms with Gasteiger partial charge in [0.25, 0.3) is 0 Å².